The lowest BCUT2D eigenvalue weighted by molar-refractivity contribution is 0.192. The van der Waals surface area contributed by atoms with Crippen LogP contribution in [0, 0.1) is 11.3 Å². The van der Waals surface area contributed by atoms with E-state index in [9.17, 15) is 0 Å². The van der Waals surface area contributed by atoms with Crippen molar-refractivity contribution in [2.75, 3.05) is 25.0 Å². The van der Waals surface area contributed by atoms with Crippen LogP contribution in [-0.2, 0) is 0 Å². The fourth-order valence-electron chi connectivity index (χ4n) is 1.08. The fraction of sp³-hybridized carbons (Fsp3) is 0.500. The van der Waals surface area contributed by atoms with Gasteiger partial charge in [-0.05, 0) is 13.0 Å². The van der Waals surface area contributed by atoms with Crippen molar-refractivity contribution in [1.29, 1.82) is 5.26 Å². The van der Waals surface area contributed by atoms with Crippen molar-refractivity contribution < 1.29 is 5.11 Å². The molecule has 86 valence electrons. The van der Waals surface area contributed by atoms with Crippen molar-refractivity contribution in [2.24, 2.45) is 0 Å². The first-order valence-corrected chi connectivity index (χ1v) is 5.08. The maximum absolute atomic E-state index is 8.99. The Morgan fingerprint density at radius 2 is 2.38 bits per heavy atom. The predicted molar refractivity (Wildman–Crippen MR) is 59.8 cm³/mol. The van der Waals surface area contributed by atoms with Gasteiger partial charge in [0.25, 0.3) is 0 Å². The van der Waals surface area contributed by atoms with Gasteiger partial charge in [-0.15, -0.1) is 0 Å². The van der Waals surface area contributed by atoms with Crippen LogP contribution in [0.2, 0.25) is 0 Å². The molecule has 0 radical (unpaired) electrons. The quantitative estimate of drug-likeness (QED) is 0.572. The Labute approximate surface area is 94.3 Å². The van der Waals surface area contributed by atoms with Crippen molar-refractivity contribution in [3.8, 4) is 6.07 Å². The fourth-order valence-corrected chi connectivity index (χ4v) is 1.08. The highest BCUT2D eigenvalue weighted by Crippen LogP contribution is 1.97. The second-order valence-electron chi connectivity index (χ2n) is 3.36. The summed E-state index contributed by atoms with van der Waals surface area (Å²) in [6.07, 6.45) is 1.19. The molecule has 6 heteroatoms. The van der Waals surface area contributed by atoms with Crippen LogP contribution >= 0.6 is 0 Å². The van der Waals surface area contributed by atoms with Crippen molar-refractivity contribution in [3.05, 3.63) is 18.0 Å². The normalized spacial score (nSPS) is 11.8. The molecule has 0 aliphatic rings. The van der Waals surface area contributed by atoms with Crippen molar-refractivity contribution in [2.45, 2.75) is 13.0 Å². The number of anilines is 1. The molecule has 0 aliphatic carbocycles. The molecule has 0 aliphatic heterocycles. The second-order valence-corrected chi connectivity index (χ2v) is 3.36. The van der Waals surface area contributed by atoms with Gasteiger partial charge < -0.3 is 15.7 Å². The molecule has 1 unspecified atom stereocenters. The Morgan fingerprint density at radius 1 is 1.56 bits per heavy atom. The van der Waals surface area contributed by atoms with Crippen LogP contribution in [0.1, 0.15) is 12.6 Å². The summed E-state index contributed by atoms with van der Waals surface area (Å²) in [5.74, 6) is 0.442. The molecule has 0 spiro atoms. The van der Waals surface area contributed by atoms with Gasteiger partial charge >= 0.3 is 0 Å². The smallest absolute Gasteiger partial charge is 0.223 e. The summed E-state index contributed by atoms with van der Waals surface area (Å²) in [5.41, 5.74) is 0.342. The highest BCUT2D eigenvalue weighted by Gasteiger charge is 1.97. The van der Waals surface area contributed by atoms with Crippen LogP contribution in [0.4, 0.5) is 5.95 Å². The minimum absolute atomic E-state index is 0.342. The maximum Gasteiger partial charge on any atom is 0.223 e. The predicted octanol–water partition coefficient (Wildman–Crippen LogP) is -0.269. The standard InChI is InChI=1S/C10H15N5O/c1-8(16)7-12-4-5-14-10-13-3-2-9(6-11)15-10/h2-3,8,12,16H,4-5,7H2,1H3,(H,13,14,15). The summed E-state index contributed by atoms with van der Waals surface area (Å²) < 4.78 is 0. The first-order valence-electron chi connectivity index (χ1n) is 5.08. The van der Waals surface area contributed by atoms with Crippen LogP contribution in [0.3, 0.4) is 0 Å². The molecule has 1 aromatic rings. The van der Waals surface area contributed by atoms with E-state index in [1.54, 1.807) is 13.0 Å². The average Bonchev–Trinajstić information content (AvgIpc) is 2.28. The number of hydrogen-bond acceptors (Lipinski definition) is 6. The highest BCUT2D eigenvalue weighted by atomic mass is 16.3. The third kappa shape index (κ3) is 4.68. The molecule has 16 heavy (non-hydrogen) atoms. The number of nitriles is 1. The van der Waals surface area contributed by atoms with Crippen LogP contribution < -0.4 is 10.6 Å². The Kier molecular flexibility index (Phi) is 5.19. The summed E-state index contributed by atoms with van der Waals surface area (Å²) in [6.45, 7) is 3.62. The summed E-state index contributed by atoms with van der Waals surface area (Å²) in [5, 5.41) is 23.6. The summed E-state index contributed by atoms with van der Waals surface area (Å²) >= 11 is 0. The lowest BCUT2D eigenvalue weighted by Gasteiger charge is -2.07. The van der Waals surface area contributed by atoms with E-state index >= 15 is 0 Å². The Hall–Kier alpha value is -1.71. The van der Waals surface area contributed by atoms with Gasteiger partial charge in [-0.1, -0.05) is 0 Å². The number of nitrogens with zero attached hydrogens (tertiary/aromatic N) is 3. The van der Waals surface area contributed by atoms with E-state index in [1.807, 2.05) is 6.07 Å². The number of nitrogens with one attached hydrogen (secondary N) is 2. The van der Waals surface area contributed by atoms with Crippen molar-refractivity contribution in [3.63, 3.8) is 0 Å². The third-order valence-corrected chi connectivity index (χ3v) is 1.79. The molecule has 0 saturated heterocycles. The largest absolute Gasteiger partial charge is 0.392 e. The number of aromatic nitrogens is 2. The highest BCUT2D eigenvalue weighted by molar-refractivity contribution is 5.29. The third-order valence-electron chi connectivity index (χ3n) is 1.79. The number of hydrogen-bond donors (Lipinski definition) is 3. The first-order chi connectivity index (χ1) is 7.72. The van der Waals surface area contributed by atoms with Gasteiger partial charge in [-0.25, -0.2) is 9.97 Å². The average molecular weight is 221 g/mol. The molecule has 0 amide bonds. The van der Waals surface area contributed by atoms with E-state index in [4.69, 9.17) is 10.4 Å². The molecule has 1 heterocycles. The lowest BCUT2D eigenvalue weighted by atomic mass is 10.4. The maximum atomic E-state index is 8.99. The van der Waals surface area contributed by atoms with E-state index in [2.05, 4.69) is 20.6 Å². The SMILES string of the molecule is CC(O)CNCCNc1nccc(C#N)n1. The molecule has 0 aromatic carbocycles. The van der Waals surface area contributed by atoms with E-state index in [1.165, 1.54) is 6.20 Å². The zero-order valence-corrected chi connectivity index (χ0v) is 9.14. The van der Waals surface area contributed by atoms with Crippen LogP contribution in [-0.4, -0.2) is 40.8 Å². The second kappa shape index (κ2) is 6.71. The number of aliphatic hydroxyl groups is 1. The van der Waals surface area contributed by atoms with Crippen LogP contribution in [0.15, 0.2) is 12.3 Å². The minimum atomic E-state index is -0.349. The number of aliphatic hydroxyl groups excluding tert-OH is 1. The van der Waals surface area contributed by atoms with E-state index in [-0.39, 0.29) is 6.10 Å². The first kappa shape index (κ1) is 12.4. The van der Waals surface area contributed by atoms with E-state index in [0.717, 1.165) is 0 Å². The zero-order valence-electron chi connectivity index (χ0n) is 9.14. The van der Waals surface area contributed by atoms with Crippen molar-refractivity contribution >= 4 is 5.95 Å². The minimum Gasteiger partial charge on any atom is -0.392 e. The van der Waals surface area contributed by atoms with Crippen LogP contribution in [0.25, 0.3) is 0 Å². The molecule has 0 fully saturated rings. The number of rotatable bonds is 6. The molecule has 3 N–H and O–H groups in total. The van der Waals surface area contributed by atoms with E-state index in [0.29, 0.717) is 31.3 Å². The summed E-state index contributed by atoms with van der Waals surface area (Å²) in [6, 6.07) is 3.50. The Bertz CT molecular complexity index is 360. The molecule has 1 aromatic heterocycles. The monoisotopic (exact) mass is 221 g/mol. The Balaban J connectivity index is 2.24. The Morgan fingerprint density at radius 3 is 3.06 bits per heavy atom. The summed E-state index contributed by atoms with van der Waals surface area (Å²) in [7, 11) is 0. The van der Waals surface area contributed by atoms with Gasteiger partial charge in [0.1, 0.15) is 11.8 Å². The van der Waals surface area contributed by atoms with Gasteiger partial charge in [0.15, 0.2) is 0 Å². The molecular formula is C10H15N5O. The van der Waals surface area contributed by atoms with Crippen LogP contribution in [0.5, 0.6) is 0 Å². The zero-order chi connectivity index (χ0) is 11.8. The molecule has 1 atom stereocenters. The summed E-state index contributed by atoms with van der Waals surface area (Å²) in [4.78, 5) is 7.93. The van der Waals surface area contributed by atoms with Gasteiger partial charge in [0.2, 0.25) is 5.95 Å². The van der Waals surface area contributed by atoms with E-state index < -0.39 is 0 Å². The molecule has 0 bridgehead atoms. The molecule has 0 saturated carbocycles. The van der Waals surface area contributed by atoms with Gasteiger partial charge in [0, 0.05) is 25.8 Å². The molecule has 6 nitrogen and oxygen atoms in total. The van der Waals surface area contributed by atoms with Gasteiger partial charge in [-0.3, -0.25) is 0 Å². The van der Waals surface area contributed by atoms with Crippen molar-refractivity contribution in [1.82, 2.24) is 15.3 Å². The lowest BCUT2D eigenvalue weighted by Crippen LogP contribution is -2.29. The molecule has 1 rings (SSSR count). The van der Waals surface area contributed by atoms with Gasteiger partial charge in [-0.2, -0.15) is 5.26 Å². The molecular weight excluding hydrogens is 206 g/mol. The van der Waals surface area contributed by atoms with Gasteiger partial charge in [0.05, 0.1) is 6.10 Å². The topological polar surface area (TPSA) is 93.9 Å².